The van der Waals surface area contributed by atoms with Crippen molar-refractivity contribution in [2.24, 2.45) is 53.3 Å². The molecule has 1 N–H and O–H groups in total. The predicted molar refractivity (Wildman–Crippen MR) is 153 cm³/mol. The van der Waals surface area contributed by atoms with Crippen LogP contribution >= 0.6 is 0 Å². The quantitative estimate of drug-likeness (QED) is 0.161. The van der Waals surface area contributed by atoms with Gasteiger partial charge in [0.05, 0.1) is 23.5 Å². The third-order valence-corrected chi connectivity index (χ3v) is 11.7. The van der Waals surface area contributed by atoms with E-state index in [-0.39, 0.29) is 29.3 Å². The lowest BCUT2D eigenvalue weighted by Gasteiger charge is -2.54. The second-order valence-electron chi connectivity index (χ2n) is 14.2. The standard InChI is InChI=1S/C32H39FO11S/c1-14(2)32(44-26-18-8-15-7-16(10-18)11-19(26)9-15)41-23-12-17(3-4-22(23)33)29(34)42-27-20-13-21-25(31(36)43-28(21)27)24(20)30(35)40-5-6-45(37,38)39/h3-4,12,14-16,18-21,24-28,32H,5-11,13H2,1-2H3,(H,37,38,39). The molecule has 0 amide bonds. The molecule has 1 heterocycles. The predicted octanol–water partition coefficient (Wildman–Crippen LogP) is 3.79. The minimum atomic E-state index is -4.35. The summed E-state index contributed by atoms with van der Waals surface area (Å²) < 4.78 is 75.1. The zero-order valence-electron chi connectivity index (χ0n) is 25.2. The smallest absolute Gasteiger partial charge is 0.338 e. The van der Waals surface area contributed by atoms with Gasteiger partial charge in [0.2, 0.25) is 6.29 Å². The summed E-state index contributed by atoms with van der Waals surface area (Å²) in [4.78, 5) is 38.9. The maximum absolute atomic E-state index is 15.0. The van der Waals surface area contributed by atoms with Gasteiger partial charge in [-0.25, -0.2) is 9.18 Å². The van der Waals surface area contributed by atoms with Crippen LogP contribution in [0, 0.1) is 59.1 Å². The summed E-state index contributed by atoms with van der Waals surface area (Å²) in [5, 5.41) is 0. The number of carbonyl (C=O) groups is 3. The van der Waals surface area contributed by atoms with Crippen LogP contribution in [0.3, 0.4) is 0 Å². The number of hydrogen-bond donors (Lipinski definition) is 1. The lowest BCUT2D eigenvalue weighted by Crippen LogP contribution is -2.51. The Kier molecular flexibility index (Phi) is 7.88. The Morgan fingerprint density at radius 3 is 2.36 bits per heavy atom. The van der Waals surface area contributed by atoms with E-state index in [0.717, 1.165) is 17.9 Å². The molecule has 6 saturated carbocycles. The van der Waals surface area contributed by atoms with Crippen molar-refractivity contribution in [2.45, 2.75) is 77.0 Å². The molecule has 6 aliphatic carbocycles. The van der Waals surface area contributed by atoms with Crippen molar-refractivity contribution in [3.8, 4) is 5.75 Å². The Morgan fingerprint density at radius 1 is 1.02 bits per heavy atom. The molecule has 1 aromatic rings. The number of hydrogen-bond acceptors (Lipinski definition) is 10. The molecule has 0 aromatic heterocycles. The highest BCUT2D eigenvalue weighted by molar-refractivity contribution is 7.85. The van der Waals surface area contributed by atoms with E-state index in [1.807, 2.05) is 13.8 Å². The van der Waals surface area contributed by atoms with E-state index in [0.29, 0.717) is 18.3 Å². The van der Waals surface area contributed by atoms with Crippen LogP contribution in [-0.2, 0) is 38.7 Å². The number of esters is 3. The fourth-order valence-electron chi connectivity index (χ4n) is 9.42. The molecule has 1 saturated heterocycles. The summed E-state index contributed by atoms with van der Waals surface area (Å²) in [6, 6.07) is 3.70. The normalized spacial score (nSPS) is 38.0. The molecular weight excluding hydrogens is 611 g/mol. The maximum Gasteiger partial charge on any atom is 0.338 e. The van der Waals surface area contributed by atoms with E-state index < -0.39 is 82.5 Å². The van der Waals surface area contributed by atoms with E-state index in [2.05, 4.69) is 0 Å². The first kappa shape index (κ1) is 30.9. The van der Waals surface area contributed by atoms with Gasteiger partial charge >= 0.3 is 17.9 Å². The molecule has 7 fully saturated rings. The number of carbonyl (C=O) groups excluding carboxylic acids is 3. The van der Waals surface area contributed by atoms with Crippen LogP contribution in [0.15, 0.2) is 18.2 Å². The van der Waals surface area contributed by atoms with E-state index in [1.54, 1.807) is 0 Å². The molecular formula is C32H39FO11S. The average Bonchev–Trinajstić information content (AvgIpc) is 3.58. The molecule has 0 spiro atoms. The highest BCUT2D eigenvalue weighted by Crippen LogP contribution is 2.59. The lowest BCUT2D eigenvalue weighted by molar-refractivity contribution is -0.211. The minimum absolute atomic E-state index is 0.0273. The van der Waals surface area contributed by atoms with Crippen LogP contribution in [0.25, 0.3) is 0 Å². The van der Waals surface area contributed by atoms with Crippen molar-refractivity contribution < 1.29 is 55.4 Å². The molecule has 246 valence electrons. The highest BCUT2D eigenvalue weighted by Gasteiger charge is 2.70. The van der Waals surface area contributed by atoms with Gasteiger partial charge in [0.25, 0.3) is 10.1 Å². The van der Waals surface area contributed by atoms with E-state index in [9.17, 15) is 22.8 Å². The van der Waals surface area contributed by atoms with Gasteiger partial charge in [-0.15, -0.1) is 0 Å². The Hall–Kier alpha value is -2.77. The van der Waals surface area contributed by atoms with E-state index in [1.165, 1.54) is 44.2 Å². The van der Waals surface area contributed by atoms with Crippen LogP contribution in [0.5, 0.6) is 5.75 Å². The van der Waals surface area contributed by atoms with Gasteiger partial charge in [0.15, 0.2) is 11.6 Å². The van der Waals surface area contributed by atoms with Gasteiger partial charge in [-0.2, -0.15) is 8.42 Å². The second kappa shape index (κ2) is 11.5. The maximum atomic E-state index is 15.0. The number of rotatable bonds is 11. The first-order chi connectivity index (χ1) is 21.4. The van der Waals surface area contributed by atoms with Gasteiger partial charge in [-0.1, -0.05) is 13.8 Å². The summed E-state index contributed by atoms with van der Waals surface area (Å²) >= 11 is 0. The van der Waals surface area contributed by atoms with Gasteiger partial charge in [-0.3, -0.25) is 14.1 Å². The zero-order chi connectivity index (χ0) is 31.8. The molecule has 45 heavy (non-hydrogen) atoms. The highest BCUT2D eigenvalue weighted by atomic mass is 32.2. The van der Waals surface area contributed by atoms with Crippen LogP contribution in [0.4, 0.5) is 4.39 Å². The molecule has 7 atom stereocenters. The zero-order valence-corrected chi connectivity index (χ0v) is 26.0. The Balaban J connectivity index is 1.03. The van der Waals surface area contributed by atoms with E-state index in [4.69, 9.17) is 28.2 Å². The molecule has 1 aliphatic heterocycles. The summed E-state index contributed by atoms with van der Waals surface area (Å²) in [6.45, 7) is 3.32. The number of ether oxygens (including phenoxy) is 5. The largest absolute Gasteiger partial charge is 0.464 e. The molecule has 1 aromatic carbocycles. The van der Waals surface area contributed by atoms with Crippen LogP contribution < -0.4 is 4.74 Å². The molecule has 0 radical (unpaired) electrons. The summed E-state index contributed by atoms with van der Waals surface area (Å²) in [7, 11) is -4.35. The average molecular weight is 651 g/mol. The monoisotopic (exact) mass is 650 g/mol. The van der Waals surface area contributed by atoms with Crippen molar-refractivity contribution in [3.63, 3.8) is 0 Å². The first-order valence-electron chi connectivity index (χ1n) is 16.0. The van der Waals surface area contributed by atoms with Crippen LogP contribution in [-0.4, -0.2) is 67.8 Å². The second-order valence-corrected chi connectivity index (χ2v) is 15.8. The van der Waals surface area contributed by atoms with Gasteiger partial charge in [0, 0.05) is 17.8 Å². The van der Waals surface area contributed by atoms with Gasteiger partial charge in [-0.05, 0) is 80.4 Å². The van der Waals surface area contributed by atoms with Gasteiger partial charge < -0.3 is 23.7 Å². The number of halogens is 1. The van der Waals surface area contributed by atoms with Crippen molar-refractivity contribution in [1.82, 2.24) is 0 Å². The van der Waals surface area contributed by atoms with Crippen molar-refractivity contribution >= 4 is 28.0 Å². The Morgan fingerprint density at radius 2 is 1.71 bits per heavy atom. The molecule has 6 bridgehead atoms. The third-order valence-electron chi connectivity index (χ3n) is 11.0. The van der Waals surface area contributed by atoms with Gasteiger partial charge in [0.1, 0.15) is 24.6 Å². The Labute approximate surface area is 261 Å². The molecule has 7 aliphatic rings. The molecule has 8 rings (SSSR count). The Bertz CT molecular complexity index is 1450. The topological polar surface area (TPSA) is 152 Å². The fraction of sp³-hybridized carbons (Fsp3) is 0.719. The van der Waals surface area contributed by atoms with Crippen LogP contribution in [0.1, 0.15) is 62.7 Å². The number of benzene rings is 1. The SMILES string of the molecule is CC(C)C(Oc1cc(C(=O)OC2C3CC4C2OC(=O)C4C3C(=O)OCCS(=O)(=O)O)ccc1F)OC1C2CC3CC(C2)CC1C3. The first-order valence-corrected chi connectivity index (χ1v) is 17.6. The molecule has 7 unspecified atom stereocenters. The van der Waals surface area contributed by atoms with Crippen molar-refractivity contribution in [1.29, 1.82) is 0 Å². The summed E-state index contributed by atoms with van der Waals surface area (Å²) in [6.07, 6.45) is 4.08. The third kappa shape index (κ3) is 5.73. The fourth-order valence-corrected chi connectivity index (χ4v) is 9.72. The molecule has 13 heteroatoms. The summed E-state index contributed by atoms with van der Waals surface area (Å²) in [5.41, 5.74) is 0.0273. The summed E-state index contributed by atoms with van der Waals surface area (Å²) in [5.74, 6) is -4.00. The lowest BCUT2D eigenvalue weighted by atomic mass is 9.55. The number of fused-ring (bicyclic) bond motifs is 1. The minimum Gasteiger partial charge on any atom is -0.464 e. The van der Waals surface area contributed by atoms with E-state index >= 15 is 4.39 Å². The van der Waals surface area contributed by atoms with Crippen molar-refractivity contribution in [3.05, 3.63) is 29.6 Å². The van der Waals surface area contributed by atoms with Crippen molar-refractivity contribution in [2.75, 3.05) is 12.4 Å². The molecule has 11 nitrogen and oxygen atoms in total. The van der Waals surface area contributed by atoms with Crippen LogP contribution in [0.2, 0.25) is 0 Å².